The lowest BCUT2D eigenvalue weighted by Crippen LogP contribution is -2.47. The van der Waals surface area contributed by atoms with Crippen LogP contribution in [0.4, 0.5) is 0 Å². The smallest absolute Gasteiger partial charge is 0.252 e. The lowest BCUT2D eigenvalue weighted by molar-refractivity contribution is -0.126. The van der Waals surface area contributed by atoms with Gasteiger partial charge >= 0.3 is 0 Å². The molecule has 2 fully saturated rings. The van der Waals surface area contributed by atoms with E-state index in [1.165, 1.54) is 4.31 Å². The summed E-state index contributed by atoms with van der Waals surface area (Å²) in [6.45, 7) is 2.35. The van der Waals surface area contributed by atoms with E-state index in [0.717, 1.165) is 43.4 Å². The first-order chi connectivity index (χ1) is 13.4. The van der Waals surface area contributed by atoms with Crippen LogP contribution in [0.15, 0.2) is 20.2 Å². The number of carbonyl (C=O) groups excluding carboxylic acids is 1. The molecular weight excluding hydrogens is 400 g/mol. The summed E-state index contributed by atoms with van der Waals surface area (Å²) in [7, 11) is -3.65. The number of amides is 1. The molecule has 1 saturated heterocycles. The summed E-state index contributed by atoms with van der Waals surface area (Å²) in [5.74, 6) is 0.504. The van der Waals surface area contributed by atoms with Crippen molar-refractivity contribution in [3.8, 4) is 11.4 Å². The molecule has 1 atom stereocenters. The minimum Gasteiger partial charge on any atom is -0.353 e. The highest BCUT2D eigenvalue weighted by atomic mass is 32.2. The molecule has 2 aromatic rings. The first-order valence-electron chi connectivity index (χ1n) is 9.63. The molecule has 3 heterocycles. The summed E-state index contributed by atoms with van der Waals surface area (Å²) in [5, 5.41) is 8.65. The molecule has 0 aromatic carbocycles. The van der Waals surface area contributed by atoms with Crippen molar-refractivity contribution < 1.29 is 17.7 Å². The van der Waals surface area contributed by atoms with Gasteiger partial charge in [0.25, 0.3) is 10.0 Å². The van der Waals surface area contributed by atoms with Gasteiger partial charge in [0.15, 0.2) is 0 Å². The number of piperidine rings is 1. The van der Waals surface area contributed by atoms with Gasteiger partial charge in [-0.3, -0.25) is 4.79 Å². The summed E-state index contributed by atoms with van der Waals surface area (Å²) >= 11 is 1.14. The molecule has 8 nitrogen and oxygen atoms in total. The van der Waals surface area contributed by atoms with Crippen LogP contribution in [0.3, 0.4) is 0 Å². The number of sulfonamides is 1. The van der Waals surface area contributed by atoms with Gasteiger partial charge in [0.2, 0.25) is 17.6 Å². The number of aryl methyl sites for hydroxylation is 1. The molecule has 10 heteroatoms. The number of hydrogen-bond acceptors (Lipinski definition) is 7. The number of carbonyl (C=O) groups is 1. The second-order valence-electron chi connectivity index (χ2n) is 7.48. The summed E-state index contributed by atoms with van der Waals surface area (Å²) in [6, 6.07) is 1.82. The highest BCUT2D eigenvalue weighted by Crippen LogP contribution is 2.31. The van der Waals surface area contributed by atoms with Crippen LogP contribution < -0.4 is 5.32 Å². The Labute approximate surface area is 168 Å². The number of rotatable bonds is 5. The zero-order valence-corrected chi connectivity index (χ0v) is 17.4. The standard InChI is InChI=1S/C18H24N4O4S2/c1-12-19-17(21-26-12)14-9-16(27-11-14)28(24,25)22-8-4-5-13(10-22)18(23)20-15-6-2-3-7-15/h9,11,13,15H,2-8,10H2,1H3,(H,20,23)/t13-/m1/s1. The van der Waals surface area contributed by atoms with E-state index in [4.69, 9.17) is 4.52 Å². The normalized spacial score (nSPS) is 21.8. The topological polar surface area (TPSA) is 105 Å². The molecular formula is C18H24N4O4S2. The molecule has 0 unspecified atom stereocenters. The Morgan fingerprint density at radius 1 is 1.29 bits per heavy atom. The van der Waals surface area contributed by atoms with E-state index in [-0.39, 0.29) is 28.6 Å². The molecule has 28 heavy (non-hydrogen) atoms. The minimum absolute atomic E-state index is 0.0130. The number of nitrogens with one attached hydrogen (secondary N) is 1. The van der Waals surface area contributed by atoms with Crippen molar-refractivity contribution in [2.24, 2.45) is 5.92 Å². The van der Waals surface area contributed by atoms with Gasteiger partial charge < -0.3 is 9.84 Å². The van der Waals surface area contributed by atoms with Gasteiger partial charge in [-0.05, 0) is 31.7 Å². The summed E-state index contributed by atoms with van der Waals surface area (Å²) in [5.41, 5.74) is 0.618. The molecule has 0 radical (unpaired) electrons. The third-order valence-corrected chi connectivity index (χ3v) is 8.69. The molecule has 2 aliphatic rings. The lowest BCUT2D eigenvalue weighted by Gasteiger charge is -2.31. The zero-order valence-electron chi connectivity index (χ0n) is 15.8. The molecule has 2 aromatic heterocycles. The van der Waals surface area contributed by atoms with Gasteiger partial charge in [-0.25, -0.2) is 8.42 Å². The first kappa shape index (κ1) is 19.5. The quantitative estimate of drug-likeness (QED) is 0.791. The zero-order chi connectivity index (χ0) is 19.7. The number of thiophene rings is 1. The average Bonchev–Trinajstić information content (AvgIpc) is 3.43. The van der Waals surface area contributed by atoms with E-state index in [1.54, 1.807) is 18.4 Å². The van der Waals surface area contributed by atoms with E-state index >= 15 is 0 Å². The second kappa shape index (κ2) is 7.92. The van der Waals surface area contributed by atoms with Crippen molar-refractivity contribution in [1.29, 1.82) is 0 Å². The Morgan fingerprint density at radius 2 is 2.07 bits per heavy atom. The molecule has 1 N–H and O–H groups in total. The molecule has 1 saturated carbocycles. The Bertz CT molecular complexity index is 946. The third kappa shape index (κ3) is 3.99. The molecule has 1 aliphatic carbocycles. The second-order valence-corrected chi connectivity index (χ2v) is 10.6. The SMILES string of the molecule is Cc1nc(-c2csc(S(=O)(=O)N3CCC[C@@H](C(=O)NC4CCCC4)C3)c2)no1. The third-order valence-electron chi connectivity index (χ3n) is 5.41. The predicted octanol–water partition coefficient (Wildman–Crippen LogP) is 2.57. The molecule has 4 rings (SSSR count). The minimum atomic E-state index is -3.65. The van der Waals surface area contributed by atoms with Crippen molar-refractivity contribution in [3.05, 3.63) is 17.3 Å². The van der Waals surface area contributed by atoms with Crippen molar-refractivity contribution in [2.45, 2.75) is 55.7 Å². The highest BCUT2D eigenvalue weighted by molar-refractivity contribution is 7.91. The van der Waals surface area contributed by atoms with E-state index in [9.17, 15) is 13.2 Å². The average molecular weight is 425 g/mol. The summed E-state index contributed by atoms with van der Waals surface area (Å²) < 4.78 is 32.8. The van der Waals surface area contributed by atoms with Gasteiger partial charge in [-0.15, -0.1) is 11.3 Å². The van der Waals surface area contributed by atoms with Crippen molar-refractivity contribution in [2.75, 3.05) is 13.1 Å². The fourth-order valence-electron chi connectivity index (χ4n) is 3.88. The van der Waals surface area contributed by atoms with E-state index in [1.807, 2.05) is 0 Å². The maximum Gasteiger partial charge on any atom is 0.252 e. The van der Waals surface area contributed by atoms with E-state index in [2.05, 4.69) is 15.5 Å². The Balaban J connectivity index is 1.46. The molecule has 1 aliphatic heterocycles. The van der Waals surface area contributed by atoms with Crippen LogP contribution in [0.25, 0.3) is 11.4 Å². The monoisotopic (exact) mass is 424 g/mol. The van der Waals surface area contributed by atoms with Gasteiger partial charge in [0.1, 0.15) is 4.21 Å². The van der Waals surface area contributed by atoms with Crippen molar-refractivity contribution in [1.82, 2.24) is 19.8 Å². The Kier molecular flexibility index (Phi) is 5.52. The van der Waals surface area contributed by atoms with Gasteiger partial charge in [0.05, 0.1) is 5.92 Å². The highest BCUT2D eigenvalue weighted by Gasteiger charge is 2.35. The van der Waals surface area contributed by atoms with Crippen LogP contribution in [0.2, 0.25) is 0 Å². The number of hydrogen-bond donors (Lipinski definition) is 1. The van der Waals surface area contributed by atoms with Crippen LogP contribution in [-0.2, 0) is 14.8 Å². The predicted molar refractivity (Wildman–Crippen MR) is 104 cm³/mol. The van der Waals surface area contributed by atoms with E-state index in [0.29, 0.717) is 30.2 Å². The van der Waals surface area contributed by atoms with E-state index < -0.39 is 10.0 Å². The fraction of sp³-hybridized carbons (Fsp3) is 0.611. The van der Waals surface area contributed by atoms with Crippen LogP contribution in [0, 0.1) is 12.8 Å². The van der Waals surface area contributed by atoms with Crippen LogP contribution in [-0.4, -0.2) is 47.9 Å². The molecule has 152 valence electrons. The number of aromatic nitrogens is 2. The summed E-state index contributed by atoms with van der Waals surface area (Å²) in [4.78, 5) is 16.7. The van der Waals surface area contributed by atoms with Crippen molar-refractivity contribution >= 4 is 27.3 Å². The Morgan fingerprint density at radius 3 is 2.79 bits per heavy atom. The lowest BCUT2D eigenvalue weighted by atomic mass is 9.98. The Hall–Kier alpha value is -1.78. The van der Waals surface area contributed by atoms with Gasteiger partial charge in [-0.1, -0.05) is 18.0 Å². The van der Waals surface area contributed by atoms with Gasteiger partial charge in [0, 0.05) is 37.0 Å². The van der Waals surface area contributed by atoms with Crippen LogP contribution >= 0.6 is 11.3 Å². The maximum absolute atomic E-state index is 13.1. The fourth-order valence-corrected chi connectivity index (χ4v) is 6.71. The maximum atomic E-state index is 13.1. The van der Waals surface area contributed by atoms with Crippen LogP contribution in [0.1, 0.15) is 44.4 Å². The summed E-state index contributed by atoms with van der Waals surface area (Å²) in [6.07, 6.45) is 5.75. The first-order valence-corrected chi connectivity index (χ1v) is 12.0. The van der Waals surface area contributed by atoms with Crippen LogP contribution in [0.5, 0.6) is 0 Å². The molecule has 1 amide bonds. The largest absolute Gasteiger partial charge is 0.353 e. The molecule has 0 spiro atoms. The van der Waals surface area contributed by atoms with Crippen molar-refractivity contribution in [3.63, 3.8) is 0 Å². The molecule has 0 bridgehead atoms. The van der Waals surface area contributed by atoms with Gasteiger partial charge in [-0.2, -0.15) is 9.29 Å². The number of nitrogens with zero attached hydrogens (tertiary/aromatic N) is 3.